The largest absolute Gasteiger partial charge is 0.443 e. The minimum Gasteiger partial charge on any atom is -0.443 e. The van der Waals surface area contributed by atoms with Gasteiger partial charge in [-0.05, 0) is 34.1 Å². The second-order valence-electron chi connectivity index (χ2n) is 5.66. The lowest BCUT2D eigenvalue weighted by molar-refractivity contribution is -0.124. The zero-order valence-electron chi connectivity index (χ0n) is 11.3. The molecule has 0 bridgehead atoms. The van der Waals surface area contributed by atoms with Crippen LogP contribution in [0.4, 0.5) is 4.79 Å². The van der Waals surface area contributed by atoms with E-state index in [-0.39, 0.29) is 17.9 Å². The number of nitrogens with zero attached hydrogens (tertiary/aromatic N) is 1. The molecule has 0 saturated carbocycles. The van der Waals surface area contributed by atoms with Crippen LogP contribution >= 0.6 is 0 Å². The Morgan fingerprint density at radius 3 is 2.72 bits per heavy atom. The van der Waals surface area contributed by atoms with E-state index in [4.69, 9.17) is 4.74 Å². The van der Waals surface area contributed by atoms with Gasteiger partial charge in [0.1, 0.15) is 5.60 Å². The Morgan fingerprint density at radius 2 is 2.17 bits per heavy atom. The van der Waals surface area contributed by atoms with E-state index in [2.05, 4.69) is 0 Å². The average molecular weight is 249 g/mol. The minimum atomic E-state index is -0.589. The number of fused-ring (bicyclic) bond motifs is 1. The summed E-state index contributed by atoms with van der Waals surface area (Å²) in [6.45, 7) is 7.22. The van der Waals surface area contributed by atoms with Crippen molar-refractivity contribution in [1.29, 1.82) is 0 Å². The summed E-state index contributed by atoms with van der Waals surface area (Å²) in [4.78, 5) is 25.5. The topological polar surface area (TPSA) is 46.6 Å². The molecule has 1 fully saturated rings. The standard InChI is InChI=1S/C14H19NO3/c1-5-9-10-7-6-8-11(10)15(12(9)16)13(17)18-14(2,3)4/h5-6,8,10-11H,7H2,1-4H3. The van der Waals surface area contributed by atoms with E-state index in [1.807, 2.05) is 19.1 Å². The molecule has 0 spiro atoms. The highest BCUT2D eigenvalue weighted by atomic mass is 16.6. The van der Waals surface area contributed by atoms with Gasteiger partial charge in [-0.2, -0.15) is 0 Å². The SMILES string of the molecule is CC=C1C(=O)N(C(=O)OC(C)(C)C)C2C=CCC12. The second kappa shape index (κ2) is 4.26. The number of hydrogen-bond acceptors (Lipinski definition) is 3. The van der Waals surface area contributed by atoms with Crippen molar-refractivity contribution < 1.29 is 14.3 Å². The molecule has 0 aromatic rings. The maximum Gasteiger partial charge on any atom is 0.417 e. The highest BCUT2D eigenvalue weighted by Crippen LogP contribution is 2.38. The summed E-state index contributed by atoms with van der Waals surface area (Å²) in [5.74, 6) is -0.110. The molecule has 2 amide bonds. The summed E-state index contributed by atoms with van der Waals surface area (Å²) >= 11 is 0. The van der Waals surface area contributed by atoms with E-state index in [1.54, 1.807) is 26.8 Å². The maximum absolute atomic E-state index is 12.2. The van der Waals surface area contributed by atoms with Gasteiger partial charge in [0, 0.05) is 11.5 Å². The molecule has 1 aliphatic heterocycles. The lowest BCUT2D eigenvalue weighted by atomic mass is 9.97. The van der Waals surface area contributed by atoms with Crippen molar-refractivity contribution in [1.82, 2.24) is 4.90 Å². The van der Waals surface area contributed by atoms with E-state index in [0.717, 1.165) is 12.0 Å². The van der Waals surface area contributed by atoms with Crippen molar-refractivity contribution in [3.8, 4) is 0 Å². The first-order chi connectivity index (χ1) is 8.35. The average Bonchev–Trinajstić information content (AvgIpc) is 2.73. The first-order valence-electron chi connectivity index (χ1n) is 6.24. The number of rotatable bonds is 0. The highest BCUT2D eigenvalue weighted by molar-refractivity contribution is 6.06. The van der Waals surface area contributed by atoms with E-state index in [1.165, 1.54) is 4.90 Å². The van der Waals surface area contributed by atoms with Crippen LogP contribution in [0.25, 0.3) is 0 Å². The normalized spacial score (nSPS) is 29.0. The second-order valence-corrected chi connectivity index (χ2v) is 5.66. The number of ether oxygens (including phenoxy) is 1. The van der Waals surface area contributed by atoms with Crippen LogP contribution in [0.5, 0.6) is 0 Å². The molecule has 2 aliphatic rings. The monoisotopic (exact) mass is 249 g/mol. The summed E-state index contributed by atoms with van der Waals surface area (Å²) in [6.07, 6.45) is 6.00. The predicted octanol–water partition coefficient (Wildman–Crippen LogP) is 2.65. The Bertz CT molecular complexity index is 442. The van der Waals surface area contributed by atoms with Crippen LogP contribution in [0.2, 0.25) is 0 Å². The molecule has 1 heterocycles. The van der Waals surface area contributed by atoms with Gasteiger partial charge in [-0.1, -0.05) is 18.2 Å². The van der Waals surface area contributed by atoms with E-state index < -0.39 is 11.7 Å². The number of imide groups is 1. The van der Waals surface area contributed by atoms with Crippen LogP contribution in [-0.4, -0.2) is 28.5 Å². The highest BCUT2D eigenvalue weighted by Gasteiger charge is 2.48. The fourth-order valence-corrected chi connectivity index (χ4v) is 2.50. The Kier molecular flexibility index (Phi) is 3.05. The molecule has 1 saturated heterocycles. The molecule has 98 valence electrons. The van der Waals surface area contributed by atoms with Gasteiger partial charge in [0.2, 0.25) is 0 Å². The third-order valence-corrected chi connectivity index (χ3v) is 3.20. The third-order valence-electron chi connectivity index (χ3n) is 3.20. The number of likely N-dealkylation sites (tertiary alicyclic amines) is 1. The van der Waals surface area contributed by atoms with Crippen LogP contribution in [0.3, 0.4) is 0 Å². The lowest BCUT2D eigenvalue weighted by Gasteiger charge is -2.25. The van der Waals surface area contributed by atoms with Gasteiger partial charge in [-0.3, -0.25) is 4.79 Å². The van der Waals surface area contributed by atoms with Crippen LogP contribution in [0.15, 0.2) is 23.8 Å². The lowest BCUT2D eigenvalue weighted by Crippen LogP contribution is -2.42. The van der Waals surface area contributed by atoms with Gasteiger partial charge in [0.05, 0.1) is 6.04 Å². The number of hydrogen-bond donors (Lipinski definition) is 0. The summed E-state index contributed by atoms with van der Waals surface area (Å²) in [5.41, 5.74) is 0.129. The number of allylic oxidation sites excluding steroid dienone is 2. The van der Waals surface area contributed by atoms with Crippen molar-refractivity contribution in [2.75, 3.05) is 0 Å². The Labute approximate surface area is 107 Å². The molecule has 0 aromatic heterocycles. The number of amides is 2. The van der Waals surface area contributed by atoms with Crippen LogP contribution < -0.4 is 0 Å². The molecular weight excluding hydrogens is 230 g/mol. The first-order valence-corrected chi connectivity index (χ1v) is 6.24. The van der Waals surface area contributed by atoms with Crippen LogP contribution in [0.1, 0.15) is 34.1 Å². The molecule has 18 heavy (non-hydrogen) atoms. The zero-order valence-corrected chi connectivity index (χ0v) is 11.3. The van der Waals surface area contributed by atoms with Gasteiger partial charge in [-0.25, -0.2) is 9.69 Å². The van der Waals surface area contributed by atoms with E-state index in [9.17, 15) is 9.59 Å². The Balaban J connectivity index is 2.25. The number of carbonyl (C=O) groups is 2. The number of carbonyl (C=O) groups excluding carboxylic acids is 2. The van der Waals surface area contributed by atoms with Crippen LogP contribution in [-0.2, 0) is 9.53 Å². The van der Waals surface area contributed by atoms with Gasteiger partial charge >= 0.3 is 6.09 Å². The molecule has 2 atom stereocenters. The molecular formula is C14H19NO3. The third kappa shape index (κ3) is 2.07. The minimum absolute atomic E-state index is 0.106. The first kappa shape index (κ1) is 12.9. The fourth-order valence-electron chi connectivity index (χ4n) is 2.50. The van der Waals surface area contributed by atoms with Crippen molar-refractivity contribution >= 4 is 12.0 Å². The molecule has 4 heteroatoms. The van der Waals surface area contributed by atoms with Gasteiger partial charge in [-0.15, -0.1) is 0 Å². The molecule has 1 aliphatic carbocycles. The molecule has 4 nitrogen and oxygen atoms in total. The summed E-state index contributed by atoms with van der Waals surface area (Å²) < 4.78 is 5.30. The van der Waals surface area contributed by atoms with Crippen molar-refractivity contribution in [3.05, 3.63) is 23.8 Å². The maximum atomic E-state index is 12.2. The summed E-state index contributed by atoms with van der Waals surface area (Å²) in [7, 11) is 0. The van der Waals surface area contributed by atoms with E-state index >= 15 is 0 Å². The molecule has 0 aromatic carbocycles. The molecule has 0 N–H and O–H groups in total. The quantitative estimate of drug-likeness (QED) is 0.490. The van der Waals surface area contributed by atoms with Crippen molar-refractivity contribution in [2.45, 2.75) is 45.8 Å². The van der Waals surface area contributed by atoms with Crippen LogP contribution in [0, 0.1) is 5.92 Å². The Morgan fingerprint density at radius 1 is 1.50 bits per heavy atom. The molecule has 0 radical (unpaired) electrons. The fraction of sp³-hybridized carbons (Fsp3) is 0.571. The molecule has 2 unspecified atom stereocenters. The van der Waals surface area contributed by atoms with E-state index in [0.29, 0.717) is 0 Å². The Hall–Kier alpha value is -1.58. The smallest absolute Gasteiger partial charge is 0.417 e. The van der Waals surface area contributed by atoms with Gasteiger partial charge in [0.15, 0.2) is 0 Å². The summed E-state index contributed by atoms with van der Waals surface area (Å²) in [6, 6.07) is -0.168. The molecule has 2 rings (SSSR count). The van der Waals surface area contributed by atoms with Gasteiger partial charge < -0.3 is 4.74 Å². The van der Waals surface area contributed by atoms with Gasteiger partial charge in [0.25, 0.3) is 5.91 Å². The zero-order chi connectivity index (χ0) is 13.5. The summed E-state index contributed by atoms with van der Waals surface area (Å²) in [5, 5.41) is 0. The van der Waals surface area contributed by atoms with Crippen molar-refractivity contribution in [2.24, 2.45) is 5.92 Å². The predicted molar refractivity (Wildman–Crippen MR) is 67.9 cm³/mol. The van der Waals surface area contributed by atoms with Crippen molar-refractivity contribution in [3.63, 3.8) is 0 Å².